The summed E-state index contributed by atoms with van der Waals surface area (Å²) in [6.45, 7) is 0. The average molecular weight is 391 g/mol. The molecule has 0 spiro atoms. The first-order chi connectivity index (χ1) is 14.0. The Hall–Kier alpha value is -3.48. The highest BCUT2D eigenvalue weighted by molar-refractivity contribution is 6.05. The molecule has 1 aliphatic carbocycles. The predicted molar refractivity (Wildman–Crippen MR) is 108 cm³/mol. The number of carbonyl (C=O) groups excluding carboxylic acids is 1. The van der Waals surface area contributed by atoms with Gasteiger partial charge in [-0.15, -0.1) is 0 Å². The Bertz CT molecular complexity index is 1140. The number of hydrogen-bond acceptors (Lipinski definition) is 4. The van der Waals surface area contributed by atoms with Crippen LogP contribution < -0.4 is 10.9 Å². The quantitative estimate of drug-likeness (QED) is 0.619. The summed E-state index contributed by atoms with van der Waals surface area (Å²) in [5, 5.41) is 19.2. The van der Waals surface area contributed by atoms with E-state index in [-0.39, 0.29) is 11.6 Å². The largest absolute Gasteiger partial charge is 0.480 e. The number of H-pyrrole nitrogens is 1. The Kier molecular flexibility index (Phi) is 5.12. The molecule has 0 radical (unpaired) electrons. The number of amides is 1. The average Bonchev–Trinajstić information content (AvgIpc) is 2.74. The fourth-order valence-electron chi connectivity index (χ4n) is 4.12. The van der Waals surface area contributed by atoms with E-state index in [4.69, 9.17) is 0 Å². The number of aryl methyl sites for hydroxylation is 1. The van der Waals surface area contributed by atoms with Crippen LogP contribution in [0.1, 0.15) is 46.8 Å². The van der Waals surface area contributed by atoms with Gasteiger partial charge in [-0.1, -0.05) is 42.5 Å². The van der Waals surface area contributed by atoms with Gasteiger partial charge in [-0.05, 0) is 48.8 Å². The lowest BCUT2D eigenvalue weighted by Crippen LogP contribution is -2.42. The van der Waals surface area contributed by atoms with Crippen molar-refractivity contribution in [1.82, 2.24) is 15.5 Å². The molecule has 3 N–H and O–H groups in total. The number of aromatic nitrogens is 2. The smallest absolute Gasteiger partial charge is 0.326 e. The minimum atomic E-state index is -1.09. The monoisotopic (exact) mass is 391 g/mol. The van der Waals surface area contributed by atoms with E-state index in [9.17, 15) is 19.5 Å². The van der Waals surface area contributed by atoms with Gasteiger partial charge in [0.25, 0.3) is 11.5 Å². The molecule has 0 saturated carbocycles. The summed E-state index contributed by atoms with van der Waals surface area (Å²) >= 11 is 0. The van der Waals surface area contributed by atoms with Crippen molar-refractivity contribution in [2.45, 2.75) is 37.6 Å². The Labute approximate surface area is 166 Å². The van der Waals surface area contributed by atoms with Crippen molar-refractivity contribution in [3.05, 3.63) is 75.7 Å². The summed E-state index contributed by atoms with van der Waals surface area (Å²) in [4.78, 5) is 36.6. The van der Waals surface area contributed by atoms with Gasteiger partial charge in [0.15, 0.2) is 5.69 Å². The molecule has 0 bridgehead atoms. The number of aliphatic carboxylic acids is 1. The molecule has 7 heteroatoms. The molecule has 4 rings (SSSR count). The lowest BCUT2D eigenvalue weighted by Gasteiger charge is -2.28. The van der Waals surface area contributed by atoms with E-state index in [2.05, 4.69) is 21.6 Å². The van der Waals surface area contributed by atoms with E-state index in [0.29, 0.717) is 17.2 Å². The highest BCUT2D eigenvalue weighted by Crippen LogP contribution is 2.34. The van der Waals surface area contributed by atoms with E-state index in [1.54, 1.807) is 24.3 Å². The molecule has 148 valence electrons. The Morgan fingerprint density at radius 3 is 2.66 bits per heavy atom. The van der Waals surface area contributed by atoms with Crippen LogP contribution in [0.25, 0.3) is 10.8 Å². The van der Waals surface area contributed by atoms with Gasteiger partial charge >= 0.3 is 5.97 Å². The van der Waals surface area contributed by atoms with Crippen LogP contribution in [0.2, 0.25) is 0 Å². The van der Waals surface area contributed by atoms with Gasteiger partial charge < -0.3 is 10.4 Å². The fraction of sp³-hybridized carbons (Fsp3) is 0.273. The molecule has 29 heavy (non-hydrogen) atoms. The molecule has 0 fully saturated rings. The number of nitrogens with zero attached hydrogens (tertiary/aromatic N) is 1. The van der Waals surface area contributed by atoms with Gasteiger partial charge in [0, 0.05) is 5.39 Å². The summed E-state index contributed by atoms with van der Waals surface area (Å²) < 4.78 is 0. The summed E-state index contributed by atoms with van der Waals surface area (Å²) in [6.07, 6.45) is 3.17. The third-order valence-corrected chi connectivity index (χ3v) is 5.53. The number of benzene rings is 2. The van der Waals surface area contributed by atoms with Crippen molar-refractivity contribution in [3.63, 3.8) is 0 Å². The van der Waals surface area contributed by atoms with Crippen LogP contribution in [0.4, 0.5) is 0 Å². The molecule has 0 aliphatic heterocycles. The Balaban J connectivity index is 1.59. The number of carboxylic acid groups (broad SMARTS) is 1. The van der Waals surface area contributed by atoms with Crippen LogP contribution in [0.15, 0.2) is 53.3 Å². The zero-order valence-electron chi connectivity index (χ0n) is 15.7. The molecule has 1 amide bonds. The van der Waals surface area contributed by atoms with E-state index in [1.807, 2.05) is 18.2 Å². The minimum Gasteiger partial charge on any atom is -0.480 e. The second kappa shape index (κ2) is 7.87. The molecular formula is C22H21N3O4. The SMILES string of the molecule is O=C(NC(CC1CCCc2ccccc21)C(=O)O)c1n[nH]c(=O)c2ccccc12. The molecule has 2 aromatic carbocycles. The standard InChI is InChI=1S/C22H21N3O4/c26-20-17-11-4-3-10-16(17)19(24-25-20)21(27)23-18(22(28)29)12-14-8-5-7-13-6-1-2-9-15(13)14/h1-4,6,9-11,14,18H,5,7-8,12H2,(H,23,27)(H,25,26)(H,28,29). The lowest BCUT2D eigenvalue weighted by atomic mass is 9.79. The third kappa shape index (κ3) is 3.76. The second-order valence-corrected chi connectivity index (χ2v) is 7.33. The number of aromatic amines is 1. The number of carboxylic acids is 1. The number of hydrogen-bond donors (Lipinski definition) is 3. The lowest BCUT2D eigenvalue weighted by molar-refractivity contribution is -0.139. The van der Waals surface area contributed by atoms with Crippen LogP contribution in [0.3, 0.4) is 0 Å². The van der Waals surface area contributed by atoms with E-state index in [0.717, 1.165) is 24.8 Å². The summed E-state index contributed by atoms with van der Waals surface area (Å²) in [7, 11) is 0. The second-order valence-electron chi connectivity index (χ2n) is 7.33. The Morgan fingerprint density at radius 1 is 1.14 bits per heavy atom. The molecule has 3 aromatic rings. The zero-order chi connectivity index (χ0) is 20.4. The zero-order valence-corrected chi connectivity index (χ0v) is 15.7. The molecule has 7 nitrogen and oxygen atoms in total. The van der Waals surface area contributed by atoms with E-state index in [1.165, 1.54) is 5.56 Å². The first kappa shape index (κ1) is 18.9. The first-order valence-electron chi connectivity index (χ1n) is 9.63. The van der Waals surface area contributed by atoms with Crippen molar-refractivity contribution in [2.24, 2.45) is 0 Å². The van der Waals surface area contributed by atoms with Gasteiger partial charge in [0.05, 0.1) is 5.39 Å². The van der Waals surface area contributed by atoms with Gasteiger partial charge in [-0.25, -0.2) is 9.89 Å². The van der Waals surface area contributed by atoms with Crippen LogP contribution in [-0.2, 0) is 11.2 Å². The van der Waals surface area contributed by atoms with Crippen molar-refractivity contribution in [3.8, 4) is 0 Å². The van der Waals surface area contributed by atoms with Crippen molar-refractivity contribution in [2.75, 3.05) is 0 Å². The van der Waals surface area contributed by atoms with Gasteiger partial charge in [0.2, 0.25) is 0 Å². The van der Waals surface area contributed by atoms with Crippen LogP contribution in [0, 0.1) is 0 Å². The van der Waals surface area contributed by atoms with Crippen molar-refractivity contribution < 1.29 is 14.7 Å². The van der Waals surface area contributed by atoms with Crippen molar-refractivity contribution in [1.29, 1.82) is 0 Å². The predicted octanol–water partition coefficient (Wildman–Crippen LogP) is 2.62. The molecule has 1 heterocycles. The summed E-state index contributed by atoms with van der Waals surface area (Å²) in [6, 6.07) is 13.6. The third-order valence-electron chi connectivity index (χ3n) is 5.53. The normalized spacial score (nSPS) is 16.8. The molecular weight excluding hydrogens is 370 g/mol. The van der Waals surface area contributed by atoms with Gasteiger partial charge in [-0.2, -0.15) is 5.10 Å². The Morgan fingerprint density at radius 2 is 1.86 bits per heavy atom. The summed E-state index contributed by atoms with van der Waals surface area (Å²) in [5.74, 6) is -1.63. The molecule has 2 unspecified atom stereocenters. The molecule has 1 aliphatic rings. The molecule has 1 aromatic heterocycles. The highest BCUT2D eigenvalue weighted by atomic mass is 16.4. The van der Waals surface area contributed by atoms with Crippen LogP contribution in [0.5, 0.6) is 0 Å². The van der Waals surface area contributed by atoms with Crippen molar-refractivity contribution >= 4 is 22.6 Å². The highest BCUT2D eigenvalue weighted by Gasteiger charge is 2.29. The maximum Gasteiger partial charge on any atom is 0.326 e. The van der Waals surface area contributed by atoms with E-state index >= 15 is 0 Å². The van der Waals surface area contributed by atoms with E-state index < -0.39 is 23.5 Å². The maximum atomic E-state index is 12.8. The van der Waals surface area contributed by atoms with Crippen LogP contribution in [-0.4, -0.2) is 33.2 Å². The van der Waals surface area contributed by atoms with Gasteiger partial charge in [-0.3, -0.25) is 9.59 Å². The number of nitrogens with one attached hydrogen (secondary N) is 2. The number of fused-ring (bicyclic) bond motifs is 2. The topological polar surface area (TPSA) is 112 Å². The fourth-order valence-corrected chi connectivity index (χ4v) is 4.12. The minimum absolute atomic E-state index is 0.00972. The molecule has 0 saturated heterocycles. The van der Waals surface area contributed by atoms with Gasteiger partial charge in [0.1, 0.15) is 6.04 Å². The molecule has 2 atom stereocenters. The summed E-state index contributed by atoms with van der Waals surface area (Å²) in [5.41, 5.74) is 2.01. The first-order valence-corrected chi connectivity index (χ1v) is 9.63. The number of carbonyl (C=O) groups is 2. The maximum absolute atomic E-state index is 12.8. The number of rotatable bonds is 5. The van der Waals surface area contributed by atoms with Crippen LogP contribution >= 0.6 is 0 Å².